The van der Waals surface area contributed by atoms with E-state index in [1.54, 1.807) is 0 Å². The van der Waals surface area contributed by atoms with Crippen molar-refractivity contribution in [2.24, 2.45) is 5.92 Å². The number of hydrogen-bond donors (Lipinski definition) is 1. The van der Waals surface area contributed by atoms with Crippen LogP contribution in [0.3, 0.4) is 0 Å². The Bertz CT molecular complexity index is 378. The van der Waals surface area contributed by atoms with Gasteiger partial charge >= 0.3 is 0 Å². The second-order valence-electron chi connectivity index (χ2n) is 5.44. The molecule has 1 aromatic rings. The van der Waals surface area contributed by atoms with Crippen LogP contribution in [0.4, 0.5) is 0 Å². The Balaban J connectivity index is 2.04. The fourth-order valence-electron chi connectivity index (χ4n) is 2.55. The molecule has 0 aliphatic carbocycles. The molecule has 1 aliphatic rings. The number of rotatable bonds is 4. The van der Waals surface area contributed by atoms with Gasteiger partial charge in [0.2, 0.25) is 0 Å². The quantitative estimate of drug-likeness (QED) is 0.905. The fourth-order valence-corrected chi connectivity index (χ4v) is 4.05. The van der Waals surface area contributed by atoms with Crippen molar-refractivity contribution in [1.29, 1.82) is 0 Å². The molecule has 2 nitrogen and oxygen atoms in total. The normalized spacial score (nSPS) is 25.8. The van der Waals surface area contributed by atoms with E-state index in [9.17, 15) is 0 Å². The lowest BCUT2D eigenvalue weighted by Crippen LogP contribution is -2.57. The number of piperazine rings is 1. The molecule has 18 heavy (non-hydrogen) atoms. The average molecular weight is 331 g/mol. The van der Waals surface area contributed by atoms with Crippen LogP contribution in [0.5, 0.6) is 0 Å². The van der Waals surface area contributed by atoms with E-state index < -0.39 is 0 Å². The van der Waals surface area contributed by atoms with E-state index in [0.29, 0.717) is 18.0 Å². The van der Waals surface area contributed by atoms with Crippen molar-refractivity contribution in [3.63, 3.8) is 0 Å². The Morgan fingerprint density at radius 1 is 1.56 bits per heavy atom. The molecule has 102 valence electrons. The highest BCUT2D eigenvalue weighted by Crippen LogP contribution is 2.26. The van der Waals surface area contributed by atoms with E-state index in [1.807, 2.05) is 11.3 Å². The molecule has 1 aromatic heterocycles. The number of hydrogen-bond acceptors (Lipinski definition) is 3. The topological polar surface area (TPSA) is 15.3 Å². The maximum absolute atomic E-state index is 3.69. The molecule has 1 N–H and O–H groups in total. The molecule has 0 bridgehead atoms. The van der Waals surface area contributed by atoms with Crippen LogP contribution in [-0.4, -0.2) is 30.1 Å². The second-order valence-corrected chi connectivity index (χ2v) is 7.30. The van der Waals surface area contributed by atoms with Crippen molar-refractivity contribution in [2.75, 3.05) is 13.1 Å². The van der Waals surface area contributed by atoms with Crippen LogP contribution in [0.15, 0.2) is 15.9 Å². The third kappa shape index (κ3) is 3.35. The largest absolute Gasteiger partial charge is 0.311 e. The molecule has 0 radical (unpaired) electrons. The van der Waals surface area contributed by atoms with E-state index >= 15 is 0 Å². The van der Waals surface area contributed by atoms with Crippen molar-refractivity contribution in [3.8, 4) is 0 Å². The molecular formula is C14H23BrN2S. The molecule has 0 spiro atoms. The first-order valence-corrected chi connectivity index (χ1v) is 8.48. The Hall–Kier alpha value is 0.100. The predicted molar refractivity (Wildman–Crippen MR) is 83.1 cm³/mol. The molecule has 1 saturated heterocycles. The van der Waals surface area contributed by atoms with Crippen LogP contribution >= 0.6 is 27.3 Å². The molecule has 2 atom stereocenters. The minimum absolute atomic E-state index is 0.631. The summed E-state index contributed by atoms with van der Waals surface area (Å²) in [6.07, 6.45) is 1.22. The molecule has 2 unspecified atom stereocenters. The summed E-state index contributed by atoms with van der Waals surface area (Å²) in [4.78, 5) is 4.11. The maximum Gasteiger partial charge on any atom is 0.0343 e. The van der Waals surface area contributed by atoms with Gasteiger partial charge < -0.3 is 5.32 Å². The summed E-state index contributed by atoms with van der Waals surface area (Å²) >= 11 is 5.50. The van der Waals surface area contributed by atoms with E-state index in [2.05, 4.69) is 58.4 Å². The lowest BCUT2D eigenvalue weighted by molar-refractivity contribution is 0.104. The van der Waals surface area contributed by atoms with Crippen LogP contribution in [0, 0.1) is 5.92 Å². The minimum atomic E-state index is 0.631. The number of nitrogens with zero attached hydrogens (tertiary/aromatic N) is 1. The van der Waals surface area contributed by atoms with Crippen LogP contribution in [0.1, 0.15) is 32.1 Å². The first-order chi connectivity index (χ1) is 8.61. The molecule has 4 heteroatoms. The lowest BCUT2D eigenvalue weighted by Gasteiger charge is -2.41. The van der Waals surface area contributed by atoms with Crippen molar-refractivity contribution in [2.45, 2.75) is 45.8 Å². The van der Waals surface area contributed by atoms with Crippen LogP contribution in [0.2, 0.25) is 0 Å². The van der Waals surface area contributed by atoms with Gasteiger partial charge in [-0.25, -0.2) is 0 Å². The molecular weight excluding hydrogens is 308 g/mol. The number of thiophene rings is 1. The highest BCUT2D eigenvalue weighted by atomic mass is 79.9. The summed E-state index contributed by atoms with van der Waals surface area (Å²) in [5.41, 5.74) is 0. The van der Waals surface area contributed by atoms with E-state index in [0.717, 1.165) is 13.1 Å². The summed E-state index contributed by atoms with van der Waals surface area (Å²) in [6.45, 7) is 10.3. The summed E-state index contributed by atoms with van der Waals surface area (Å²) in [7, 11) is 0. The third-order valence-corrected chi connectivity index (χ3v) is 5.79. The minimum Gasteiger partial charge on any atom is -0.311 e. The first kappa shape index (κ1) is 14.5. The SMILES string of the molecule is CCC1CNC(C(C)C)CN1Cc1sccc1Br. The van der Waals surface area contributed by atoms with Gasteiger partial charge in [0, 0.05) is 41.1 Å². The van der Waals surface area contributed by atoms with Crippen molar-refractivity contribution in [1.82, 2.24) is 10.2 Å². The lowest BCUT2D eigenvalue weighted by atomic mass is 9.98. The molecule has 0 aromatic carbocycles. The van der Waals surface area contributed by atoms with Gasteiger partial charge in [-0.1, -0.05) is 20.8 Å². The van der Waals surface area contributed by atoms with E-state index in [-0.39, 0.29) is 0 Å². The molecule has 2 heterocycles. The number of halogens is 1. The summed E-state index contributed by atoms with van der Waals surface area (Å²) in [6, 6.07) is 3.46. The van der Waals surface area contributed by atoms with Gasteiger partial charge in [0.25, 0.3) is 0 Å². The molecule has 2 rings (SSSR count). The monoisotopic (exact) mass is 330 g/mol. The molecule has 0 saturated carbocycles. The Kier molecular flexibility index (Phi) is 5.24. The van der Waals surface area contributed by atoms with Gasteiger partial charge in [-0.05, 0) is 39.7 Å². The summed E-state index contributed by atoms with van der Waals surface area (Å²) in [5, 5.41) is 5.86. The zero-order chi connectivity index (χ0) is 13.1. The van der Waals surface area contributed by atoms with Crippen LogP contribution in [0.25, 0.3) is 0 Å². The number of nitrogens with one attached hydrogen (secondary N) is 1. The highest BCUT2D eigenvalue weighted by Gasteiger charge is 2.28. The van der Waals surface area contributed by atoms with Crippen molar-refractivity contribution >= 4 is 27.3 Å². The van der Waals surface area contributed by atoms with Crippen LogP contribution in [-0.2, 0) is 6.54 Å². The van der Waals surface area contributed by atoms with Crippen molar-refractivity contribution in [3.05, 3.63) is 20.8 Å². The van der Waals surface area contributed by atoms with Gasteiger partial charge in [0.05, 0.1) is 0 Å². The summed E-state index contributed by atoms with van der Waals surface area (Å²) in [5.74, 6) is 0.706. The van der Waals surface area contributed by atoms with Gasteiger partial charge in [-0.2, -0.15) is 0 Å². The third-order valence-electron chi connectivity index (χ3n) is 3.88. The van der Waals surface area contributed by atoms with E-state index in [1.165, 1.54) is 22.3 Å². The van der Waals surface area contributed by atoms with Crippen molar-refractivity contribution < 1.29 is 0 Å². The zero-order valence-corrected chi connectivity index (χ0v) is 13.9. The Morgan fingerprint density at radius 3 is 2.89 bits per heavy atom. The fraction of sp³-hybridized carbons (Fsp3) is 0.714. The smallest absolute Gasteiger partial charge is 0.0343 e. The van der Waals surface area contributed by atoms with Gasteiger partial charge in [-0.15, -0.1) is 11.3 Å². The second kappa shape index (κ2) is 6.51. The van der Waals surface area contributed by atoms with Gasteiger partial charge in [-0.3, -0.25) is 4.90 Å². The predicted octanol–water partition coefficient (Wildman–Crippen LogP) is 3.72. The average Bonchev–Trinajstić information content (AvgIpc) is 2.75. The van der Waals surface area contributed by atoms with Gasteiger partial charge in [0.1, 0.15) is 0 Å². The molecule has 1 aliphatic heterocycles. The van der Waals surface area contributed by atoms with E-state index in [4.69, 9.17) is 0 Å². The summed E-state index contributed by atoms with van der Waals surface area (Å²) < 4.78 is 1.27. The zero-order valence-electron chi connectivity index (χ0n) is 11.4. The first-order valence-electron chi connectivity index (χ1n) is 6.81. The molecule has 0 amide bonds. The molecule has 1 fully saturated rings. The standard InChI is InChI=1S/C14H23BrN2S/c1-4-11-7-16-13(10(2)3)8-17(11)9-14-12(15)5-6-18-14/h5-6,10-11,13,16H,4,7-9H2,1-3H3. The maximum atomic E-state index is 3.69. The van der Waals surface area contributed by atoms with Crippen LogP contribution < -0.4 is 5.32 Å². The Morgan fingerprint density at radius 2 is 2.33 bits per heavy atom. The van der Waals surface area contributed by atoms with Gasteiger partial charge in [0.15, 0.2) is 0 Å². The highest BCUT2D eigenvalue weighted by molar-refractivity contribution is 9.10. The Labute approximate surface area is 123 Å².